The summed E-state index contributed by atoms with van der Waals surface area (Å²) in [5, 5.41) is 6.80. The highest BCUT2D eigenvalue weighted by Gasteiger charge is 2.24. The van der Waals surface area contributed by atoms with Gasteiger partial charge < -0.3 is 29.7 Å². The molecular weight excluding hydrogens is 509 g/mol. The molecule has 1 aromatic rings. The van der Waals surface area contributed by atoms with Gasteiger partial charge in [-0.05, 0) is 38.2 Å². The number of methoxy groups -OCH3 is 2. The van der Waals surface area contributed by atoms with Gasteiger partial charge in [0.25, 0.3) is 0 Å². The van der Waals surface area contributed by atoms with E-state index in [1.54, 1.807) is 14.2 Å². The molecule has 1 unspecified atom stereocenters. The maximum absolute atomic E-state index is 5.57. The van der Waals surface area contributed by atoms with Crippen LogP contribution in [0.5, 0.6) is 11.5 Å². The zero-order valence-corrected chi connectivity index (χ0v) is 22.0. The molecule has 31 heavy (non-hydrogen) atoms. The number of ether oxygens (including phenoxy) is 3. The van der Waals surface area contributed by atoms with Crippen LogP contribution in [0.2, 0.25) is 0 Å². The van der Waals surface area contributed by atoms with Crippen LogP contribution in [0, 0.1) is 0 Å². The van der Waals surface area contributed by atoms with Gasteiger partial charge in [-0.25, -0.2) is 0 Å². The molecule has 0 aromatic heterocycles. The van der Waals surface area contributed by atoms with Gasteiger partial charge in [-0.3, -0.25) is 9.89 Å². The number of morpholine rings is 1. The fourth-order valence-corrected chi connectivity index (χ4v) is 3.42. The molecule has 2 N–H and O–H groups in total. The van der Waals surface area contributed by atoms with Crippen LogP contribution in [0.3, 0.4) is 0 Å². The number of benzene rings is 1. The van der Waals surface area contributed by atoms with Gasteiger partial charge in [0.2, 0.25) is 0 Å². The van der Waals surface area contributed by atoms with E-state index in [1.165, 1.54) is 5.56 Å². The molecule has 1 saturated heterocycles. The molecule has 0 spiro atoms. The Morgan fingerprint density at radius 2 is 1.87 bits per heavy atom. The predicted octanol–water partition coefficient (Wildman–Crippen LogP) is 2.20. The Balaban J connectivity index is 0.00000480. The van der Waals surface area contributed by atoms with Crippen LogP contribution in [0.1, 0.15) is 25.5 Å². The molecule has 1 atom stereocenters. The maximum Gasteiger partial charge on any atom is 0.191 e. The number of hydrogen-bond donors (Lipinski definition) is 2. The van der Waals surface area contributed by atoms with Crippen molar-refractivity contribution in [3.8, 4) is 11.5 Å². The van der Waals surface area contributed by atoms with E-state index in [0.717, 1.165) is 69.9 Å². The maximum atomic E-state index is 5.57. The highest BCUT2D eigenvalue weighted by atomic mass is 127. The van der Waals surface area contributed by atoms with Gasteiger partial charge in [0.05, 0.1) is 40.0 Å². The molecule has 178 valence electrons. The quantitative estimate of drug-likeness (QED) is 0.249. The van der Waals surface area contributed by atoms with Crippen LogP contribution in [-0.2, 0) is 4.74 Å². The van der Waals surface area contributed by atoms with E-state index in [2.05, 4.69) is 53.5 Å². The van der Waals surface area contributed by atoms with Crippen molar-refractivity contribution in [1.29, 1.82) is 0 Å². The van der Waals surface area contributed by atoms with Gasteiger partial charge in [0.15, 0.2) is 17.5 Å². The molecule has 9 heteroatoms. The number of hydrogen-bond acceptors (Lipinski definition) is 6. The lowest BCUT2D eigenvalue weighted by atomic mass is 10.0. The number of nitrogens with zero attached hydrogens (tertiary/aromatic N) is 3. The summed E-state index contributed by atoms with van der Waals surface area (Å²) in [4.78, 5) is 9.62. The summed E-state index contributed by atoms with van der Waals surface area (Å²) >= 11 is 0. The topological polar surface area (TPSA) is 70.6 Å². The van der Waals surface area contributed by atoms with E-state index < -0.39 is 0 Å². The average Bonchev–Trinajstić information content (AvgIpc) is 2.79. The molecule has 0 amide bonds. The molecule has 0 aliphatic carbocycles. The molecule has 1 aromatic carbocycles. The largest absolute Gasteiger partial charge is 0.493 e. The van der Waals surface area contributed by atoms with Crippen molar-refractivity contribution in [1.82, 2.24) is 20.4 Å². The van der Waals surface area contributed by atoms with Crippen molar-refractivity contribution < 1.29 is 14.2 Å². The second-order valence-electron chi connectivity index (χ2n) is 7.32. The van der Waals surface area contributed by atoms with Gasteiger partial charge in [0.1, 0.15) is 0 Å². The summed E-state index contributed by atoms with van der Waals surface area (Å²) in [6, 6.07) is 6.27. The first-order valence-corrected chi connectivity index (χ1v) is 10.9. The van der Waals surface area contributed by atoms with Gasteiger partial charge in [-0.1, -0.05) is 13.0 Å². The van der Waals surface area contributed by atoms with Gasteiger partial charge in [-0.2, -0.15) is 0 Å². The first-order chi connectivity index (χ1) is 14.6. The second kappa shape index (κ2) is 15.5. The molecule has 0 radical (unpaired) electrons. The van der Waals surface area contributed by atoms with E-state index in [0.29, 0.717) is 6.54 Å². The lowest BCUT2D eigenvalue weighted by molar-refractivity contribution is 0.0179. The van der Waals surface area contributed by atoms with E-state index in [4.69, 9.17) is 19.2 Å². The van der Waals surface area contributed by atoms with Crippen LogP contribution in [0.4, 0.5) is 0 Å². The molecule has 0 bridgehead atoms. The number of likely N-dealkylation sites (N-methyl/N-ethyl adjacent to an activating group) is 1. The van der Waals surface area contributed by atoms with Gasteiger partial charge in [-0.15, -0.1) is 24.0 Å². The predicted molar refractivity (Wildman–Crippen MR) is 137 cm³/mol. The summed E-state index contributed by atoms with van der Waals surface area (Å²) in [6.45, 7) is 11.9. The number of halogens is 1. The number of aliphatic imine (C=N–C) groups is 1. The lowest BCUT2D eigenvalue weighted by Crippen LogP contribution is -2.43. The molecule has 1 heterocycles. The van der Waals surface area contributed by atoms with Crippen molar-refractivity contribution in [3.63, 3.8) is 0 Å². The van der Waals surface area contributed by atoms with Gasteiger partial charge in [0, 0.05) is 32.7 Å². The first kappa shape index (κ1) is 27.7. The Bertz CT molecular complexity index is 656. The van der Waals surface area contributed by atoms with Crippen molar-refractivity contribution in [2.24, 2.45) is 4.99 Å². The van der Waals surface area contributed by atoms with E-state index >= 15 is 0 Å². The monoisotopic (exact) mass is 549 g/mol. The fraction of sp³-hybridized carbons (Fsp3) is 0.682. The Kier molecular flexibility index (Phi) is 13.9. The SMILES string of the molecule is CCNC(=NCC(c1ccc(OC)c(OC)c1)N1CCOCC1)NCCN(C)CC.I. The van der Waals surface area contributed by atoms with Crippen molar-refractivity contribution >= 4 is 29.9 Å². The molecule has 0 saturated carbocycles. The van der Waals surface area contributed by atoms with Crippen molar-refractivity contribution in [3.05, 3.63) is 23.8 Å². The minimum atomic E-state index is 0. The zero-order valence-electron chi connectivity index (χ0n) is 19.6. The van der Waals surface area contributed by atoms with Crippen molar-refractivity contribution in [2.45, 2.75) is 19.9 Å². The zero-order chi connectivity index (χ0) is 21.8. The Hall–Kier alpha value is -1.30. The van der Waals surface area contributed by atoms with Crippen LogP contribution in [-0.4, -0.2) is 96.1 Å². The van der Waals surface area contributed by atoms with Crippen LogP contribution < -0.4 is 20.1 Å². The highest BCUT2D eigenvalue weighted by molar-refractivity contribution is 14.0. The summed E-state index contributed by atoms with van der Waals surface area (Å²) in [6.07, 6.45) is 0. The van der Waals surface area contributed by atoms with Crippen LogP contribution >= 0.6 is 24.0 Å². The molecular formula is C22H40IN5O3. The summed E-state index contributed by atoms with van der Waals surface area (Å²) in [5.41, 5.74) is 1.17. The average molecular weight is 549 g/mol. The number of guanidine groups is 1. The third-order valence-corrected chi connectivity index (χ3v) is 5.37. The molecule has 1 aliphatic heterocycles. The van der Waals surface area contributed by atoms with E-state index in [9.17, 15) is 0 Å². The molecule has 2 rings (SSSR count). The Morgan fingerprint density at radius 1 is 1.16 bits per heavy atom. The van der Waals surface area contributed by atoms with Crippen LogP contribution in [0.15, 0.2) is 23.2 Å². The van der Waals surface area contributed by atoms with Crippen molar-refractivity contribution in [2.75, 3.05) is 80.3 Å². The van der Waals surface area contributed by atoms with Gasteiger partial charge >= 0.3 is 0 Å². The summed E-state index contributed by atoms with van der Waals surface area (Å²) in [7, 11) is 5.45. The minimum absolute atomic E-state index is 0. The number of nitrogens with one attached hydrogen (secondary N) is 2. The molecule has 1 aliphatic rings. The summed E-state index contributed by atoms with van der Waals surface area (Å²) < 4.78 is 16.5. The standard InChI is InChI=1S/C22H39N5O3.HI/c1-6-23-22(24-10-11-26(3)7-2)25-17-19(27-12-14-30-15-13-27)18-8-9-20(28-4)21(16-18)29-5;/h8-9,16,19H,6-7,10-15,17H2,1-5H3,(H2,23,24,25);1H. The molecule has 8 nitrogen and oxygen atoms in total. The lowest BCUT2D eigenvalue weighted by Gasteiger charge is -2.34. The first-order valence-electron chi connectivity index (χ1n) is 10.9. The number of rotatable bonds is 11. The van der Waals surface area contributed by atoms with E-state index in [-0.39, 0.29) is 30.0 Å². The molecule has 1 fully saturated rings. The van der Waals surface area contributed by atoms with Crippen LogP contribution in [0.25, 0.3) is 0 Å². The van der Waals surface area contributed by atoms with E-state index in [1.807, 2.05) is 6.07 Å². The Morgan fingerprint density at radius 3 is 2.48 bits per heavy atom. The third-order valence-electron chi connectivity index (χ3n) is 5.37. The Labute approximate surface area is 204 Å². The normalized spacial score (nSPS) is 15.9. The summed E-state index contributed by atoms with van der Waals surface area (Å²) in [5.74, 6) is 2.33. The third kappa shape index (κ3) is 8.99. The highest BCUT2D eigenvalue weighted by Crippen LogP contribution is 2.32. The smallest absolute Gasteiger partial charge is 0.191 e. The minimum Gasteiger partial charge on any atom is -0.493 e. The fourth-order valence-electron chi connectivity index (χ4n) is 3.42. The second-order valence-corrected chi connectivity index (χ2v) is 7.32.